The quantitative estimate of drug-likeness (QED) is 0.270. The first-order valence-corrected chi connectivity index (χ1v) is 12.5. The summed E-state index contributed by atoms with van der Waals surface area (Å²) in [7, 11) is -4.51. The van der Waals surface area contributed by atoms with Gasteiger partial charge in [-0.15, -0.1) is 0 Å². The van der Waals surface area contributed by atoms with Gasteiger partial charge in [0.25, 0.3) is 0 Å². The second-order valence-corrected chi connectivity index (χ2v) is 9.26. The highest BCUT2D eigenvalue weighted by Crippen LogP contribution is 2.52. The third-order valence-electron chi connectivity index (χ3n) is 4.79. The first-order chi connectivity index (χ1) is 17.1. The van der Waals surface area contributed by atoms with E-state index < -0.39 is 56.4 Å². The summed E-state index contributed by atoms with van der Waals surface area (Å²) >= 11 is 0. The van der Waals surface area contributed by atoms with Crippen molar-refractivity contribution in [1.29, 1.82) is 0 Å². The molecule has 1 heterocycles. The van der Waals surface area contributed by atoms with Gasteiger partial charge in [0, 0.05) is 20.8 Å². The Morgan fingerprint density at radius 1 is 0.694 bits per heavy atom. The van der Waals surface area contributed by atoms with Crippen LogP contribution in [-0.2, 0) is 42.4 Å². The number of benzene rings is 2. The van der Waals surface area contributed by atoms with Crippen LogP contribution in [0.1, 0.15) is 27.7 Å². The third-order valence-corrected chi connectivity index (χ3v) is 6.12. The van der Waals surface area contributed by atoms with Crippen LogP contribution >= 0.6 is 7.82 Å². The second kappa shape index (κ2) is 12.0. The van der Waals surface area contributed by atoms with Gasteiger partial charge in [-0.2, -0.15) is 0 Å². The predicted octanol–water partition coefficient (Wildman–Crippen LogP) is 3.81. The van der Waals surface area contributed by atoms with E-state index in [1.165, 1.54) is 31.2 Å². The van der Waals surface area contributed by atoms with Gasteiger partial charge in [-0.3, -0.25) is 14.4 Å². The van der Waals surface area contributed by atoms with Crippen molar-refractivity contribution in [2.45, 2.75) is 58.4 Å². The van der Waals surface area contributed by atoms with Crippen LogP contribution in [-0.4, -0.2) is 48.6 Å². The van der Waals surface area contributed by atoms with E-state index in [0.717, 1.165) is 20.8 Å². The van der Waals surface area contributed by atoms with E-state index in [1.54, 1.807) is 36.4 Å². The molecule has 0 N–H and O–H groups in total. The Hall–Kier alpha value is -3.40. The Kier molecular flexibility index (Phi) is 9.08. The minimum atomic E-state index is -4.51. The zero-order chi connectivity index (χ0) is 26.3. The highest BCUT2D eigenvalue weighted by atomic mass is 31.2. The fourth-order valence-corrected chi connectivity index (χ4v) is 4.77. The summed E-state index contributed by atoms with van der Waals surface area (Å²) in [5, 5.41) is 0. The monoisotopic (exact) mass is 522 g/mol. The topological polar surface area (TPSA) is 133 Å². The van der Waals surface area contributed by atoms with Gasteiger partial charge < -0.3 is 28.0 Å². The molecule has 1 saturated heterocycles. The first kappa shape index (κ1) is 27.2. The Labute approximate surface area is 208 Å². The molecule has 2 aromatic rings. The second-order valence-electron chi connectivity index (χ2n) is 7.79. The summed E-state index contributed by atoms with van der Waals surface area (Å²) in [6.07, 6.45) is -6.51. The van der Waals surface area contributed by atoms with Crippen molar-refractivity contribution >= 4 is 25.7 Å². The van der Waals surface area contributed by atoms with Gasteiger partial charge in [0.05, 0.1) is 6.10 Å². The van der Waals surface area contributed by atoms with Crippen molar-refractivity contribution < 1.29 is 51.5 Å². The van der Waals surface area contributed by atoms with Crippen LogP contribution in [0.2, 0.25) is 0 Å². The van der Waals surface area contributed by atoms with Crippen molar-refractivity contribution in [3.63, 3.8) is 0 Å². The molecule has 1 aliphatic rings. The lowest BCUT2D eigenvalue weighted by atomic mass is 9.99. The molecule has 0 radical (unpaired) electrons. The zero-order valence-corrected chi connectivity index (χ0v) is 21.0. The maximum absolute atomic E-state index is 13.9. The predicted molar refractivity (Wildman–Crippen MR) is 124 cm³/mol. The average Bonchev–Trinajstić information content (AvgIpc) is 2.79. The number of phosphoric acid groups is 1. The van der Waals surface area contributed by atoms with Crippen molar-refractivity contribution in [2.24, 2.45) is 0 Å². The lowest BCUT2D eigenvalue weighted by Gasteiger charge is -2.43. The van der Waals surface area contributed by atoms with Crippen LogP contribution < -0.4 is 9.05 Å². The molecule has 3 rings (SSSR count). The summed E-state index contributed by atoms with van der Waals surface area (Å²) in [6.45, 7) is 4.93. The summed E-state index contributed by atoms with van der Waals surface area (Å²) < 4.78 is 52.5. The van der Waals surface area contributed by atoms with Crippen molar-refractivity contribution in [3.05, 3.63) is 60.7 Å². The maximum Gasteiger partial charge on any atom is 0.590 e. The fraction of sp³-hybridized carbons (Fsp3) is 0.375. The molecule has 0 unspecified atom stereocenters. The Bertz CT molecular complexity index is 1050. The van der Waals surface area contributed by atoms with Gasteiger partial charge in [-0.1, -0.05) is 36.4 Å². The Balaban J connectivity index is 1.98. The van der Waals surface area contributed by atoms with Crippen LogP contribution in [0.15, 0.2) is 60.7 Å². The molecule has 194 valence electrons. The molecule has 0 spiro atoms. The molecule has 0 aromatic heterocycles. The molecule has 36 heavy (non-hydrogen) atoms. The third kappa shape index (κ3) is 7.55. The molecule has 5 atom stereocenters. The minimum absolute atomic E-state index is 0.166. The van der Waals surface area contributed by atoms with Crippen LogP contribution in [0, 0.1) is 0 Å². The molecule has 0 saturated carbocycles. The van der Waals surface area contributed by atoms with Gasteiger partial charge in [0.15, 0.2) is 18.3 Å². The van der Waals surface area contributed by atoms with E-state index in [4.69, 9.17) is 32.5 Å². The summed E-state index contributed by atoms with van der Waals surface area (Å²) in [5.41, 5.74) is 0. The van der Waals surface area contributed by atoms with E-state index in [0.29, 0.717) is 0 Å². The minimum Gasteiger partial charge on any atom is -0.456 e. The smallest absolute Gasteiger partial charge is 0.456 e. The number of hydrogen-bond donors (Lipinski definition) is 0. The molecule has 11 nitrogen and oxygen atoms in total. The molecular formula is C24H27O11P. The number of phosphoric ester groups is 1. The van der Waals surface area contributed by atoms with Gasteiger partial charge in [-0.05, 0) is 31.2 Å². The normalized spacial score (nSPS) is 23.7. The standard InChI is InChI=1S/C24H27O11P/c1-15-21(30-16(2)25)22(31-17(3)26)23(32-18(4)27)24(29-15)35-36(28,33-19-11-7-5-8-12-19)34-20-13-9-6-10-14-20/h5-15,21-24H,1-4H3/t15-,21+,22+,23-,24-/m1/s1. The van der Waals surface area contributed by atoms with E-state index in [-0.39, 0.29) is 11.5 Å². The number of rotatable bonds is 9. The van der Waals surface area contributed by atoms with Crippen molar-refractivity contribution in [2.75, 3.05) is 0 Å². The Morgan fingerprint density at radius 3 is 1.56 bits per heavy atom. The zero-order valence-electron chi connectivity index (χ0n) is 20.1. The molecule has 0 bridgehead atoms. The number of ether oxygens (including phenoxy) is 4. The highest BCUT2D eigenvalue weighted by molar-refractivity contribution is 7.49. The van der Waals surface area contributed by atoms with Gasteiger partial charge in [0.2, 0.25) is 6.29 Å². The maximum atomic E-state index is 13.9. The molecule has 1 fully saturated rings. The first-order valence-electron chi connectivity index (χ1n) is 11.0. The molecule has 0 aliphatic carbocycles. The number of hydrogen-bond acceptors (Lipinski definition) is 11. The number of para-hydroxylation sites is 2. The van der Waals surface area contributed by atoms with Crippen LogP contribution in [0.4, 0.5) is 0 Å². The van der Waals surface area contributed by atoms with Crippen LogP contribution in [0.5, 0.6) is 11.5 Å². The van der Waals surface area contributed by atoms with E-state index in [1.807, 2.05) is 0 Å². The van der Waals surface area contributed by atoms with E-state index >= 15 is 0 Å². The number of carbonyl (C=O) groups excluding carboxylic acids is 3. The van der Waals surface area contributed by atoms with Gasteiger partial charge >= 0.3 is 25.7 Å². The lowest BCUT2D eigenvalue weighted by molar-refractivity contribution is -0.282. The van der Waals surface area contributed by atoms with Crippen LogP contribution in [0.3, 0.4) is 0 Å². The molecule has 2 aromatic carbocycles. The van der Waals surface area contributed by atoms with Crippen LogP contribution in [0.25, 0.3) is 0 Å². The largest absolute Gasteiger partial charge is 0.590 e. The van der Waals surface area contributed by atoms with Gasteiger partial charge in [-0.25, -0.2) is 9.09 Å². The number of esters is 3. The van der Waals surface area contributed by atoms with E-state index in [2.05, 4.69) is 0 Å². The molecule has 1 aliphatic heterocycles. The average molecular weight is 522 g/mol. The molecular weight excluding hydrogens is 495 g/mol. The number of carbonyl (C=O) groups is 3. The fourth-order valence-electron chi connectivity index (χ4n) is 3.46. The van der Waals surface area contributed by atoms with E-state index in [9.17, 15) is 18.9 Å². The Morgan fingerprint density at radius 2 is 1.11 bits per heavy atom. The molecule has 12 heteroatoms. The highest BCUT2D eigenvalue weighted by Gasteiger charge is 2.54. The summed E-state index contributed by atoms with van der Waals surface area (Å²) in [6, 6.07) is 16.2. The lowest BCUT2D eigenvalue weighted by Crippen LogP contribution is -2.61. The SMILES string of the molecule is CC(=O)O[C@H]1[C@@H](OC(C)=O)[C@@H](C)O[C@H](OP(=O)(Oc2ccccc2)Oc2ccccc2)[C@@H]1OC(C)=O. The van der Waals surface area contributed by atoms with Crippen molar-refractivity contribution in [3.8, 4) is 11.5 Å². The van der Waals surface area contributed by atoms with Gasteiger partial charge in [0.1, 0.15) is 11.5 Å². The summed E-state index contributed by atoms with van der Waals surface area (Å²) in [4.78, 5) is 35.5. The van der Waals surface area contributed by atoms with Crippen molar-refractivity contribution in [1.82, 2.24) is 0 Å². The molecule has 0 amide bonds. The summed E-state index contributed by atoms with van der Waals surface area (Å²) in [5.74, 6) is -1.88.